The number of carbonyl (C=O) groups is 1. The number of halogens is 3. The Morgan fingerprint density at radius 1 is 1.07 bits per heavy atom. The number of hydrogen-bond donors (Lipinski definition) is 2. The highest BCUT2D eigenvalue weighted by atomic mass is 19.4. The maximum atomic E-state index is 13.8. The molecule has 2 aromatic heterocycles. The van der Waals surface area contributed by atoms with Crippen LogP contribution < -0.4 is 10.2 Å². The molecule has 1 unspecified atom stereocenters. The minimum Gasteiger partial charge on any atom is -0.391 e. The van der Waals surface area contributed by atoms with E-state index in [2.05, 4.69) is 37.0 Å². The maximum Gasteiger partial charge on any atom is 0.416 e. The monoisotopic (exact) mass is 617 g/mol. The second-order valence-corrected chi connectivity index (χ2v) is 11.7. The van der Waals surface area contributed by atoms with Gasteiger partial charge in [-0.15, -0.1) is 5.10 Å². The number of fused-ring (bicyclic) bond motifs is 1. The number of aliphatic hydroxyl groups excluding tert-OH is 1. The number of anilines is 2. The van der Waals surface area contributed by atoms with Gasteiger partial charge >= 0.3 is 6.18 Å². The second kappa shape index (κ2) is 12.5. The van der Waals surface area contributed by atoms with Crippen LogP contribution in [0.25, 0.3) is 5.65 Å². The number of amides is 1. The fourth-order valence-corrected chi connectivity index (χ4v) is 5.70. The molecule has 0 saturated carbocycles. The third-order valence-corrected chi connectivity index (χ3v) is 8.32. The Morgan fingerprint density at radius 3 is 2.60 bits per heavy atom. The van der Waals surface area contributed by atoms with E-state index in [0.717, 1.165) is 44.1 Å². The molecule has 0 aliphatic carbocycles. The smallest absolute Gasteiger partial charge is 0.391 e. The summed E-state index contributed by atoms with van der Waals surface area (Å²) in [5, 5.41) is 17.3. The van der Waals surface area contributed by atoms with E-state index in [9.17, 15) is 23.1 Å². The van der Waals surface area contributed by atoms with Crippen molar-refractivity contribution in [3.8, 4) is 11.8 Å². The number of alkyl halides is 3. The average molecular weight is 618 g/mol. The molecule has 2 N–H and O–H groups in total. The Hall–Kier alpha value is -4.44. The molecule has 4 aromatic rings. The molecule has 234 valence electrons. The molecule has 6 rings (SSSR count). The zero-order valence-electron chi connectivity index (χ0n) is 25.1. The molecular formula is C33H34F3N7O2. The molecule has 0 bridgehead atoms. The Bertz CT molecular complexity index is 1780. The van der Waals surface area contributed by atoms with Crippen molar-refractivity contribution in [2.24, 2.45) is 0 Å². The van der Waals surface area contributed by atoms with Crippen LogP contribution in [0, 0.1) is 18.8 Å². The zero-order valence-corrected chi connectivity index (χ0v) is 25.1. The molecule has 2 fully saturated rings. The third kappa shape index (κ3) is 6.96. The van der Waals surface area contributed by atoms with Crippen LogP contribution in [0.15, 0.2) is 54.7 Å². The minimum atomic E-state index is -4.55. The highest BCUT2D eigenvalue weighted by Gasteiger charge is 2.32. The van der Waals surface area contributed by atoms with E-state index in [1.165, 1.54) is 0 Å². The van der Waals surface area contributed by atoms with Gasteiger partial charge in [-0.2, -0.15) is 13.2 Å². The molecule has 2 saturated heterocycles. The molecule has 1 atom stereocenters. The Labute approximate surface area is 259 Å². The topological polar surface area (TPSA) is 89.2 Å². The number of hydrogen-bond acceptors (Lipinski definition) is 7. The predicted octanol–water partition coefficient (Wildman–Crippen LogP) is 4.03. The third-order valence-electron chi connectivity index (χ3n) is 8.32. The maximum absolute atomic E-state index is 13.8. The van der Waals surface area contributed by atoms with Crippen molar-refractivity contribution in [1.29, 1.82) is 0 Å². The summed E-state index contributed by atoms with van der Waals surface area (Å²) >= 11 is 0. The highest BCUT2D eigenvalue weighted by Crippen LogP contribution is 2.33. The first-order valence-corrected chi connectivity index (χ1v) is 14.9. The van der Waals surface area contributed by atoms with Crippen LogP contribution in [0.4, 0.5) is 24.7 Å². The lowest BCUT2D eigenvalue weighted by Crippen LogP contribution is -2.43. The number of nitrogens with zero attached hydrogens (tertiary/aromatic N) is 6. The number of likely N-dealkylation sites (N-methyl/N-ethyl adjacent to an activating group) is 1. The summed E-state index contributed by atoms with van der Waals surface area (Å²) in [5.41, 5.74) is 2.47. The lowest BCUT2D eigenvalue weighted by atomic mass is 10.0. The molecule has 12 heteroatoms. The number of aromatic nitrogens is 3. The van der Waals surface area contributed by atoms with Crippen LogP contribution >= 0.6 is 0 Å². The summed E-state index contributed by atoms with van der Waals surface area (Å²) in [7, 11) is 2.02. The second-order valence-electron chi connectivity index (χ2n) is 11.7. The number of piperazine rings is 1. The van der Waals surface area contributed by atoms with Gasteiger partial charge in [-0.1, -0.05) is 12.0 Å². The molecule has 4 heterocycles. The van der Waals surface area contributed by atoms with Crippen molar-refractivity contribution < 1.29 is 23.1 Å². The quantitative estimate of drug-likeness (QED) is 0.327. The van der Waals surface area contributed by atoms with Crippen molar-refractivity contribution in [2.75, 3.05) is 56.5 Å². The number of aliphatic hydroxyl groups is 1. The molecule has 45 heavy (non-hydrogen) atoms. The van der Waals surface area contributed by atoms with E-state index in [1.807, 2.05) is 24.1 Å². The Balaban J connectivity index is 1.23. The van der Waals surface area contributed by atoms with Gasteiger partial charge in [0.05, 0.1) is 17.9 Å². The SMILES string of the molecule is Cc1c(C#Cc2cnc3ccc(N4CCC(O)C4)nn23)cccc1C(=O)Nc1cc(CN2CCN(C)CC2)cc(C(F)(F)F)c1. The van der Waals surface area contributed by atoms with Gasteiger partial charge in [0.2, 0.25) is 0 Å². The van der Waals surface area contributed by atoms with Crippen LogP contribution in [0.5, 0.6) is 0 Å². The van der Waals surface area contributed by atoms with Crippen molar-refractivity contribution in [3.05, 3.63) is 88.2 Å². The van der Waals surface area contributed by atoms with Crippen LogP contribution in [0.3, 0.4) is 0 Å². The Kier molecular flexibility index (Phi) is 8.50. The number of rotatable bonds is 5. The molecular weight excluding hydrogens is 583 g/mol. The molecule has 2 aromatic carbocycles. The lowest BCUT2D eigenvalue weighted by Gasteiger charge is -2.32. The van der Waals surface area contributed by atoms with E-state index in [-0.39, 0.29) is 11.8 Å². The van der Waals surface area contributed by atoms with Crippen molar-refractivity contribution in [3.63, 3.8) is 0 Å². The standard InChI is InChI=1S/C33H34F3N7O2/c1-22-24(6-7-27-19-37-30-8-9-31(39-43(27)30)42-11-10-28(44)21-42)4-3-5-29(22)32(45)38-26-17-23(16-25(18-26)33(34,35)36)20-41-14-12-40(2)13-15-41/h3-5,8-9,16-19,28,44H,10-15,20-21H2,1-2H3,(H,38,45). The van der Waals surface area contributed by atoms with Gasteiger partial charge in [0.1, 0.15) is 11.5 Å². The molecule has 0 spiro atoms. The lowest BCUT2D eigenvalue weighted by molar-refractivity contribution is -0.137. The summed E-state index contributed by atoms with van der Waals surface area (Å²) < 4.78 is 43.0. The highest BCUT2D eigenvalue weighted by molar-refractivity contribution is 6.05. The van der Waals surface area contributed by atoms with Crippen LogP contribution in [-0.4, -0.2) is 87.8 Å². The van der Waals surface area contributed by atoms with Gasteiger partial charge in [0.15, 0.2) is 5.65 Å². The number of nitrogens with one attached hydrogen (secondary N) is 1. The number of imidazole rings is 1. The first kappa shape index (κ1) is 30.6. The van der Waals surface area contributed by atoms with Gasteiger partial charge in [0.25, 0.3) is 5.91 Å². The summed E-state index contributed by atoms with van der Waals surface area (Å²) in [6, 6.07) is 12.6. The largest absolute Gasteiger partial charge is 0.416 e. The fourth-order valence-electron chi connectivity index (χ4n) is 5.70. The van der Waals surface area contributed by atoms with E-state index in [0.29, 0.717) is 59.7 Å². The average Bonchev–Trinajstić information content (AvgIpc) is 3.63. The Morgan fingerprint density at radius 2 is 1.87 bits per heavy atom. The molecule has 1 amide bonds. The normalized spacial score (nSPS) is 17.8. The summed E-state index contributed by atoms with van der Waals surface area (Å²) in [5.74, 6) is 6.40. The zero-order chi connectivity index (χ0) is 31.7. The molecule has 0 radical (unpaired) electrons. The first-order chi connectivity index (χ1) is 21.5. The summed E-state index contributed by atoms with van der Waals surface area (Å²) in [6.45, 7) is 6.56. The van der Waals surface area contributed by atoms with Gasteiger partial charge in [-0.3, -0.25) is 9.69 Å². The van der Waals surface area contributed by atoms with Gasteiger partial charge < -0.3 is 20.2 Å². The van der Waals surface area contributed by atoms with E-state index < -0.39 is 17.6 Å². The van der Waals surface area contributed by atoms with E-state index in [1.54, 1.807) is 41.9 Å². The van der Waals surface area contributed by atoms with Crippen molar-refractivity contribution in [2.45, 2.75) is 32.2 Å². The van der Waals surface area contributed by atoms with Gasteiger partial charge in [-0.25, -0.2) is 9.50 Å². The molecule has 2 aliphatic rings. The fraction of sp³-hybridized carbons (Fsp3) is 0.364. The summed E-state index contributed by atoms with van der Waals surface area (Å²) in [6.07, 6.45) is -2.62. The van der Waals surface area contributed by atoms with Crippen molar-refractivity contribution in [1.82, 2.24) is 24.4 Å². The number of β-amino-alcohol motifs (C(OH)–C–C–N with tert-alkyl or cyclic N) is 1. The molecule has 2 aliphatic heterocycles. The van der Waals surface area contributed by atoms with E-state index in [4.69, 9.17) is 0 Å². The van der Waals surface area contributed by atoms with E-state index >= 15 is 0 Å². The number of benzene rings is 2. The predicted molar refractivity (Wildman–Crippen MR) is 165 cm³/mol. The van der Waals surface area contributed by atoms with Gasteiger partial charge in [0, 0.05) is 62.6 Å². The van der Waals surface area contributed by atoms with Crippen molar-refractivity contribution >= 4 is 23.1 Å². The van der Waals surface area contributed by atoms with Crippen LogP contribution in [-0.2, 0) is 12.7 Å². The minimum absolute atomic E-state index is 0.0907. The summed E-state index contributed by atoms with van der Waals surface area (Å²) in [4.78, 5) is 24.1. The first-order valence-electron chi connectivity index (χ1n) is 14.9. The molecule has 9 nitrogen and oxygen atoms in total. The van der Waals surface area contributed by atoms with Crippen LogP contribution in [0.2, 0.25) is 0 Å². The van der Waals surface area contributed by atoms with Gasteiger partial charge in [-0.05, 0) is 79.9 Å². The van der Waals surface area contributed by atoms with Crippen LogP contribution in [0.1, 0.15) is 44.7 Å². The number of carbonyl (C=O) groups excluding carboxylic acids is 1.